The predicted molar refractivity (Wildman–Crippen MR) is 82.7 cm³/mol. The SMILES string of the molecule is CC(C)(C)c1csc(C(CN)C2CCSCC2)n1. The summed E-state index contributed by atoms with van der Waals surface area (Å²) < 4.78 is 0. The maximum Gasteiger partial charge on any atom is 0.0974 e. The highest BCUT2D eigenvalue weighted by Gasteiger charge is 2.28. The van der Waals surface area contributed by atoms with E-state index in [1.807, 2.05) is 0 Å². The van der Waals surface area contributed by atoms with Gasteiger partial charge in [0.1, 0.15) is 0 Å². The lowest BCUT2D eigenvalue weighted by molar-refractivity contribution is 0.398. The number of thioether (sulfide) groups is 1. The third kappa shape index (κ3) is 3.28. The van der Waals surface area contributed by atoms with Gasteiger partial charge in [0.05, 0.1) is 10.7 Å². The number of nitrogens with zero attached hydrogens (tertiary/aromatic N) is 1. The van der Waals surface area contributed by atoms with Gasteiger partial charge in [0, 0.05) is 23.3 Å². The predicted octanol–water partition coefficient (Wildman–Crippen LogP) is 3.63. The van der Waals surface area contributed by atoms with Crippen LogP contribution >= 0.6 is 23.1 Å². The van der Waals surface area contributed by atoms with Crippen LogP contribution in [0.2, 0.25) is 0 Å². The normalized spacial score (nSPS) is 20.0. The highest BCUT2D eigenvalue weighted by atomic mass is 32.2. The van der Waals surface area contributed by atoms with Gasteiger partial charge in [0.15, 0.2) is 0 Å². The molecule has 0 amide bonds. The summed E-state index contributed by atoms with van der Waals surface area (Å²) in [6.45, 7) is 7.41. The van der Waals surface area contributed by atoms with Crippen molar-refractivity contribution in [2.24, 2.45) is 11.7 Å². The van der Waals surface area contributed by atoms with E-state index in [2.05, 4.69) is 37.9 Å². The lowest BCUT2D eigenvalue weighted by atomic mass is 9.87. The number of aromatic nitrogens is 1. The number of nitrogens with two attached hydrogens (primary N) is 1. The van der Waals surface area contributed by atoms with E-state index in [-0.39, 0.29) is 5.41 Å². The third-order valence-electron chi connectivity index (χ3n) is 3.70. The lowest BCUT2D eigenvalue weighted by Gasteiger charge is -2.27. The molecule has 2 N–H and O–H groups in total. The van der Waals surface area contributed by atoms with E-state index < -0.39 is 0 Å². The average molecular weight is 284 g/mol. The van der Waals surface area contributed by atoms with Crippen LogP contribution in [0.1, 0.15) is 50.2 Å². The Morgan fingerprint density at radius 2 is 2.06 bits per heavy atom. The Balaban J connectivity index is 2.14. The monoisotopic (exact) mass is 284 g/mol. The molecule has 2 heterocycles. The fourth-order valence-corrected chi connectivity index (χ4v) is 4.81. The molecule has 1 saturated heterocycles. The Hall–Kier alpha value is -0.0600. The third-order valence-corrected chi connectivity index (χ3v) is 5.72. The van der Waals surface area contributed by atoms with Gasteiger partial charge < -0.3 is 5.73 Å². The van der Waals surface area contributed by atoms with Gasteiger partial charge in [-0.25, -0.2) is 4.98 Å². The van der Waals surface area contributed by atoms with Crippen molar-refractivity contribution in [3.63, 3.8) is 0 Å². The van der Waals surface area contributed by atoms with Crippen molar-refractivity contribution < 1.29 is 0 Å². The number of thiazole rings is 1. The smallest absolute Gasteiger partial charge is 0.0974 e. The zero-order valence-corrected chi connectivity index (χ0v) is 13.2. The summed E-state index contributed by atoms with van der Waals surface area (Å²) in [7, 11) is 0. The molecule has 1 unspecified atom stereocenters. The summed E-state index contributed by atoms with van der Waals surface area (Å²) in [5.41, 5.74) is 7.38. The summed E-state index contributed by atoms with van der Waals surface area (Å²) >= 11 is 3.88. The molecule has 0 radical (unpaired) electrons. The van der Waals surface area contributed by atoms with Crippen LogP contribution in [-0.2, 0) is 5.41 Å². The molecule has 1 aromatic rings. The van der Waals surface area contributed by atoms with E-state index >= 15 is 0 Å². The zero-order chi connectivity index (χ0) is 13.2. The Bertz CT molecular complexity index is 375. The van der Waals surface area contributed by atoms with E-state index in [1.54, 1.807) is 11.3 Å². The van der Waals surface area contributed by atoms with Crippen molar-refractivity contribution in [2.75, 3.05) is 18.1 Å². The van der Waals surface area contributed by atoms with Crippen LogP contribution in [0.5, 0.6) is 0 Å². The van der Waals surface area contributed by atoms with Crippen LogP contribution in [0, 0.1) is 5.92 Å². The van der Waals surface area contributed by atoms with Crippen LogP contribution in [-0.4, -0.2) is 23.0 Å². The minimum absolute atomic E-state index is 0.149. The molecule has 0 bridgehead atoms. The molecule has 1 fully saturated rings. The minimum Gasteiger partial charge on any atom is -0.330 e. The van der Waals surface area contributed by atoms with E-state index in [9.17, 15) is 0 Å². The number of rotatable bonds is 3. The second-order valence-electron chi connectivity index (χ2n) is 6.11. The van der Waals surface area contributed by atoms with Crippen molar-refractivity contribution in [3.05, 3.63) is 16.1 Å². The van der Waals surface area contributed by atoms with Crippen molar-refractivity contribution in [2.45, 2.75) is 44.9 Å². The molecular weight excluding hydrogens is 260 g/mol. The molecule has 1 aliphatic rings. The average Bonchev–Trinajstić information content (AvgIpc) is 2.81. The van der Waals surface area contributed by atoms with Crippen molar-refractivity contribution in [1.82, 2.24) is 4.98 Å². The molecule has 0 spiro atoms. The maximum absolute atomic E-state index is 6.01. The molecule has 4 heteroatoms. The first-order chi connectivity index (χ1) is 8.52. The van der Waals surface area contributed by atoms with Gasteiger partial charge >= 0.3 is 0 Å². The zero-order valence-electron chi connectivity index (χ0n) is 11.6. The summed E-state index contributed by atoms with van der Waals surface area (Å²) in [6, 6.07) is 0. The molecule has 1 atom stereocenters. The van der Waals surface area contributed by atoms with Gasteiger partial charge in [0.2, 0.25) is 0 Å². The largest absolute Gasteiger partial charge is 0.330 e. The van der Waals surface area contributed by atoms with Crippen LogP contribution in [0.3, 0.4) is 0 Å². The van der Waals surface area contributed by atoms with Gasteiger partial charge in [-0.1, -0.05) is 20.8 Å². The van der Waals surface area contributed by atoms with Crippen LogP contribution in [0.25, 0.3) is 0 Å². The molecule has 0 saturated carbocycles. The van der Waals surface area contributed by atoms with Crippen LogP contribution in [0.4, 0.5) is 0 Å². The first-order valence-electron chi connectivity index (χ1n) is 6.76. The fourth-order valence-electron chi connectivity index (χ4n) is 2.42. The quantitative estimate of drug-likeness (QED) is 0.921. The Morgan fingerprint density at radius 3 is 2.56 bits per heavy atom. The van der Waals surface area contributed by atoms with E-state index in [0.29, 0.717) is 5.92 Å². The Morgan fingerprint density at radius 1 is 1.39 bits per heavy atom. The summed E-state index contributed by atoms with van der Waals surface area (Å²) in [6.07, 6.45) is 2.61. The van der Waals surface area contributed by atoms with Crippen LogP contribution in [0.15, 0.2) is 5.38 Å². The van der Waals surface area contributed by atoms with Gasteiger partial charge in [-0.15, -0.1) is 11.3 Å². The second-order valence-corrected chi connectivity index (χ2v) is 8.23. The number of hydrogen-bond donors (Lipinski definition) is 1. The summed E-state index contributed by atoms with van der Waals surface area (Å²) in [5.74, 6) is 3.80. The lowest BCUT2D eigenvalue weighted by Crippen LogP contribution is -2.25. The molecule has 1 aliphatic heterocycles. The Labute approximate surface area is 119 Å². The molecule has 0 aromatic carbocycles. The van der Waals surface area contributed by atoms with Gasteiger partial charge in [-0.3, -0.25) is 0 Å². The van der Waals surface area contributed by atoms with E-state index in [1.165, 1.54) is 35.0 Å². The fraction of sp³-hybridized carbons (Fsp3) is 0.786. The topological polar surface area (TPSA) is 38.9 Å². The molecule has 1 aromatic heterocycles. The summed E-state index contributed by atoms with van der Waals surface area (Å²) in [4.78, 5) is 4.86. The minimum atomic E-state index is 0.149. The highest BCUT2D eigenvalue weighted by molar-refractivity contribution is 7.99. The molecule has 2 nitrogen and oxygen atoms in total. The van der Waals surface area contributed by atoms with Crippen LogP contribution < -0.4 is 5.73 Å². The first-order valence-corrected chi connectivity index (χ1v) is 8.79. The standard InChI is InChI=1S/C14H24N2S2/c1-14(2,3)12-9-18-13(16-12)11(8-15)10-4-6-17-7-5-10/h9-11H,4-8,15H2,1-3H3. The van der Waals surface area contributed by atoms with Gasteiger partial charge in [-0.05, 0) is 30.3 Å². The second kappa shape index (κ2) is 5.93. The Kier molecular flexibility index (Phi) is 4.73. The molecular formula is C14H24N2S2. The number of hydrogen-bond acceptors (Lipinski definition) is 4. The van der Waals surface area contributed by atoms with Crippen molar-refractivity contribution in [1.29, 1.82) is 0 Å². The van der Waals surface area contributed by atoms with E-state index in [0.717, 1.165) is 12.5 Å². The highest BCUT2D eigenvalue weighted by Crippen LogP contribution is 2.37. The molecule has 18 heavy (non-hydrogen) atoms. The van der Waals surface area contributed by atoms with E-state index in [4.69, 9.17) is 10.7 Å². The van der Waals surface area contributed by atoms with Gasteiger partial charge in [-0.2, -0.15) is 11.8 Å². The van der Waals surface area contributed by atoms with Crippen molar-refractivity contribution >= 4 is 23.1 Å². The molecule has 2 rings (SSSR count). The molecule has 102 valence electrons. The van der Waals surface area contributed by atoms with Crippen molar-refractivity contribution in [3.8, 4) is 0 Å². The summed E-state index contributed by atoms with van der Waals surface area (Å²) in [5, 5.41) is 3.48. The van der Waals surface area contributed by atoms with Gasteiger partial charge in [0.25, 0.3) is 0 Å². The maximum atomic E-state index is 6.01. The first kappa shape index (κ1) is 14.4. The molecule has 0 aliphatic carbocycles.